The van der Waals surface area contributed by atoms with E-state index in [2.05, 4.69) is 38.3 Å². The summed E-state index contributed by atoms with van der Waals surface area (Å²) in [5, 5.41) is 3.12. The average Bonchev–Trinajstić information content (AvgIpc) is 2.39. The van der Waals surface area contributed by atoms with Crippen molar-refractivity contribution in [1.29, 1.82) is 0 Å². The molecule has 5 nitrogen and oxygen atoms in total. The summed E-state index contributed by atoms with van der Waals surface area (Å²) in [6.45, 7) is 4.12. The van der Waals surface area contributed by atoms with Crippen LogP contribution >= 0.6 is 22.6 Å². The molecule has 1 aromatic carbocycles. The van der Waals surface area contributed by atoms with Gasteiger partial charge in [-0.1, -0.05) is 0 Å². The third-order valence-electron chi connectivity index (χ3n) is 2.16. The van der Waals surface area contributed by atoms with E-state index in [1.54, 1.807) is 0 Å². The first kappa shape index (κ1) is 15.2. The maximum atomic E-state index is 5.42. The molecule has 0 spiro atoms. The summed E-state index contributed by atoms with van der Waals surface area (Å²) in [4.78, 5) is 4.32. The number of nitrogens with zero attached hydrogens (tertiary/aromatic N) is 1. The smallest absolute Gasteiger partial charge is 0.210 e. The highest BCUT2D eigenvalue weighted by Gasteiger charge is 1.97. The van der Waals surface area contributed by atoms with Gasteiger partial charge in [-0.3, -0.25) is 10.4 Å². The summed E-state index contributed by atoms with van der Waals surface area (Å²) in [5.41, 5.74) is 3.51. The number of hydrogen-bond acceptors (Lipinski definition) is 3. The van der Waals surface area contributed by atoms with Crippen LogP contribution in [0.15, 0.2) is 29.3 Å². The maximum absolute atomic E-state index is 5.42. The van der Waals surface area contributed by atoms with Crippen molar-refractivity contribution in [3.05, 3.63) is 27.8 Å². The minimum absolute atomic E-state index is 0.563. The van der Waals surface area contributed by atoms with E-state index in [-0.39, 0.29) is 0 Å². The van der Waals surface area contributed by atoms with Crippen LogP contribution in [-0.2, 0) is 4.74 Å². The molecule has 0 unspecified atom stereocenters. The molecule has 6 heteroatoms. The van der Waals surface area contributed by atoms with Crippen molar-refractivity contribution >= 4 is 34.2 Å². The summed E-state index contributed by atoms with van der Waals surface area (Å²) in [6, 6.07) is 8.00. The number of rotatable bonds is 6. The number of nitrogens with two attached hydrogens (primary N) is 1. The number of nitrogens with one attached hydrogen (secondary N) is 2. The van der Waals surface area contributed by atoms with Crippen molar-refractivity contribution in [2.75, 3.05) is 25.1 Å². The molecule has 0 amide bonds. The third-order valence-corrected chi connectivity index (χ3v) is 2.88. The van der Waals surface area contributed by atoms with Gasteiger partial charge in [-0.05, 0) is 60.2 Å². The predicted molar refractivity (Wildman–Crippen MR) is 83.5 cm³/mol. The largest absolute Gasteiger partial charge is 0.382 e. The standard InChI is InChI=1S/C12H19IN4O/c1-2-18-9-3-8-15-12(17-14)16-11-6-4-10(13)5-7-11/h4-7H,2-3,8-9,14H2,1H3,(H2,15,16,17). The molecule has 0 heterocycles. The molecule has 0 aliphatic heterocycles. The first-order valence-electron chi connectivity index (χ1n) is 5.87. The monoisotopic (exact) mass is 362 g/mol. The molecule has 0 bridgehead atoms. The Balaban J connectivity index is 2.40. The van der Waals surface area contributed by atoms with E-state index in [0.717, 1.165) is 25.3 Å². The van der Waals surface area contributed by atoms with Crippen LogP contribution in [0.4, 0.5) is 5.69 Å². The molecule has 0 aromatic heterocycles. The van der Waals surface area contributed by atoms with E-state index in [4.69, 9.17) is 10.6 Å². The number of hydrazine groups is 1. The summed E-state index contributed by atoms with van der Waals surface area (Å²) in [7, 11) is 0. The van der Waals surface area contributed by atoms with E-state index in [1.807, 2.05) is 31.2 Å². The van der Waals surface area contributed by atoms with Crippen molar-refractivity contribution in [2.24, 2.45) is 10.8 Å². The van der Waals surface area contributed by atoms with E-state index in [1.165, 1.54) is 3.57 Å². The lowest BCUT2D eigenvalue weighted by Gasteiger charge is -2.09. The number of ether oxygens (including phenoxy) is 1. The zero-order valence-corrected chi connectivity index (χ0v) is 12.6. The molecule has 1 aromatic rings. The first-order valence-corrected chi connectivity index (χ1v) is 6.95. The highest BCUT2D eigenvalue weighted by atomic mass is 127. The molecule has 1 rings (SSSR count). The number of aliphatic imine (C=N–C) groups is 1. The molecular formula is C12H19IN4O. The lowest BCUT2D eigenvalue weighted by Crippen LogP contribution is -2.36. The van der Waals surface area contributed by atoms with Crippen LogP contribution in [0, 0.1) is 3.57 Å². The fourth-order valence-electron chi connectivity index (χ4n) is 1.29. The highest BCUT2D eigenvalue weighted by Crippen LogP contribution is 2.10. The SMILES string of the molecule is CCOCCCN=C(NN)Nc1ccc(I)cc1. The Morgan fingerprint density at radius 1 is 1.39 bits per heavy atom. The van der Waals surface area contributed by atoms with Gasteiger partial charge in [-0.2, -0.15) is 0 Å². The van der Waals surface area contributed by atoms with Gasteiger partial charge in [0.25, 0.3) is 0 Å². The number of anilines is 1. The Labute approximate surface area is 121 Å². The van der Waals surface area contributed by atoms with Gasteiger partial charge in [-0.25, -0.2) is 5.84 Å². The molecular weight excluding hydrogens is 343 g/mol. The van der Waals surface area contributed by atoms with Crippen LogP contribution in [0.25, 0.3) is 0 Å². The second-order valence-electron chi connectivity index (χ2n) is 3.56. The number of benzene rings is 1. The van der Waals surface area contributed by atoms with E-state index in [9.17, 15) is 0 Å². The Hall–Kier alpha value is -0.860. The van der Waals surface area contributed by atoms with E-state index < -0.39 is 0 Å². The van der Waals surface area contributed by atoms with Gasteiger partial charge in [0.2, 0.25) is 5.96 Å². The first-order chi connectivity index (χ1) is 8.76. The van der Waals surface area contributed by atoms with Gasteiger partial charge >= 0.3 is 0 Å². The van der Waals surface area contributed by atoms with Gasteiger partial charge in [0.15, 0.2) is 0 Å². The van der Waals surface area contributed by atoms with Crippen LogP contribution < -0.4 is 16.6 Å². The molecule has 0 aliphatic rings. The van der Waals surface area contributed by atoms with Gasteiger partial charge in [0.05, 0.1) is 0 Å². The zero-order chi connectivity index (χ0) is 13.2. The Morgan fingerprint density at radius 2 is 2.11 bits per heavy atom. The van der Waals surface area contributed by atoms with Crippen molar-refractivity contribution in [1.82, 2.24) is 5.43 Å². The van der Waals surface area contributed by atoms with Crippen LogP contribution in [0.5, 0.6) is 0 Å². The molecule has 0 aliphatic carbocycles. The van der Waals surface area contributed by atoms with Gasteiger partial charge < -0.3 is 10.1 Å². The summed E-state index contributed by atoms with van der Waals surface area (Å²) < 4.78 is 6.43. The number of guanidine groups is 1. The third kappa shape index (κ3) is 6.18. The fourth-order valence-corrected chi connectivity index (χ4v) is 1.65. The molecule has 18 heavy (non-hydrogen) atoms. The Kier molecular flexibility index (Phi) is 7.70. The number of hydrogen-bond donors (Lipinski definition) is 3. The second-order valence-corrected chi connectivity index (χ2v) is 4.80. The lowest BCUT2D eigenvalue weighted by atomic mass is 10.3. The van der Waals surface area contributed by atoms with Crippen LogP contribution in [0.3, 0.4) is 0 Å². The summed E-state index contributed by atoms with van der Waals surface area (Å²) in [6.07, 6.45) is 0.882. The highest BCUT2D eigenvalue weighted by molar-refractivity contribution is 14.1. The zero-order valence-electron chi connectivity index (χ0n) is 10.4. The van der Waals surface area contributed by atoms with Crippen LogP contribution in [-0.4, -0.2) is 25.7 Å². The molecule has 0 fully saturated rings. The molecule has 100 valence electrons. The normalized spacial score (nSPS) is 11.4. The Bertz CT molecular complexity index is 367. The van der Waals surface area contributed by atoms with Gasteiger partial charge in [0.1, 0.15) is 0 Å². The quantitative estimate of drug-likeness (QED) is 0.181. The summed E-state index contributed by atoms with van der Waals surface area (Å²) >= 11 is 2.26. The predicted octanol–water partition coefficient (Wildman–Crippen LogP) is 1.95. The van der Waals surface area contributed by atoms with Crippen molar-refractivity contribution < 1.29 is 4.74 Å². The van der Waals surface area contributed by atoms with Crippen molar-refractivity contribution in [2.45, 2.75) is 13.3 Å². The molecule has 0 saturated heterocycles. The van der Waals surface area contributed by atoms with Gasteiger partial charge in [-0.15, -0.1) is 0 Å². The second kappa shape index (κ2) is 9.12. The summed E-state index contributed by atoms with van der Waals surface area (Å²) in [5.74, 6) is 5.98. The minimum Gasteiger partial charge on any atom is -0.382 e. The van der Waals surface area contributed by atoms with Crippen molar-refractivity contribution in [3.63, 3.8) is 0 Å². The van der Waals surface area contributed by atoms with Gasteiger partial charge in [0, 0.05) is 29.0 Å². The lowest BCUT2D eigenvalue weighted by molar-refractivity contribution is 0.146. The minimum atomic E-state index is 0.563. The van der Waals surface area contributed by atoms with E-state index in [0.29, 0.717) is 12.5 Å². The average molecular weight is 362 g/mol. The van der Waals surface area contributed by atoms with Crippen LogP contribution in [0.2, 0.25) is 0 Å². The molecule has 0 radical (unpaired) electrons. The topological polar surface area (TPSA) is 71.7 Å². The fraction of sp³-hybridized carbons (Fsp3) is 0.417. The van der Waals surface area contributed by atoms with Crippen molar-refractivity contribution in [3.8, 4) is 0 Å². The number of halogens is 1. The Morgan fingerprint density at radius 3 is 2.72 bits per heavy atom. The van der Waals surface area contributed by atoms with E-state index >= 15 is 0 Å². The maximum Gasteiger partial charge on any atom is 0.210 e. The van der Waals surface area contributed by atoms with Crippen LogP contribution in [0.1, 0.15) is 13.3 Å². The molecule has 4 N–H and O–H groups in total. The molecule has 0 atom stereocenters. The molecule has 0 saturated carbocycles.